The number of carbonyl (C=O) groups is 1. The van der Waals surface area contributed by atoms with Crippen molar-refractivity contribution in [2.75, 3.05) is 10.6 Å². The van der Waals surface area contributed by atoms with Gasteiger partial charge in [-0.05, 0) is 54.6 Å². The summed E-state index contributed by atoms with van der Waals surface area (Å²) in [5, 5.41) is 5.05. The zero-order valence-electron chi connectivity index (χ0n) is 15.4. The number of hydrogen-bond donors (Lipinski definition) is 2. The van der Waals surface area contributed by atoms with E-state index in [-0.39, 0.29) is 27.5 Å². The Balaban J connectivity index is 2.08. The van der Waals surface area contributed by atoms with E-state index in [2.05, 4.69) is 10.6 Å². The Kier molecular flexibility index (Phi) is 5.98. The molecule has 3 aromatic carbocycles. The molecule has 0 heterocycles. The number of carbonyl (C=O) groups excluding carboxylic acids is 1. The van der Waals surface area contributed by atoms with Crippen molar-refractivity contribution in [1.29, 1.82) is 0 Å². The van der Waals surface area contributed by atoms with Crippen LogP contribution in [-0.4, -0.2) is 5.91 Å². The van der Waals surface area contributed by atoms with Gasteiger partial charge in [0.25, 0.3) is 0 Å². The molecular formula is C21H14ClF5N2O. The SMILES string of the molecule is CC(=O)Nc1ccc(Nc2cc(F)ccc2-c2cc(Cl)ccc2F)cc1C(F)(F)F. The van der Waals surface area contributed by atoms with Crippen LogP contribution in [0.5, 0.6) is 0 Å². The van der Waals surface area contributed by atoms with Crippen LogP contribution in [0.4, 0.5) is 39.0 Å². The van der Waals surface area contributed by atoms with E-state index in [1.807, 2.05) is 0 Å². The Morgan fingerprint density at radius 3 is 2.30 bits per heavy atom. The second-order valence-corrected chi connectivity index (χ2v) is 6.81. The fourth-order valence-corrected chi connectivity index (χ4v) is 3.04. The molecule has 0 unspecified atom stereocenters. The van der Waals surface area contributed by atoms with Gasteiger partial charge < -0.3 is 10.6 Å². The van der Waals surface area contributed by atoms with E-state index in [1.165, 1.54) is 24.3 Å². The van der Waals surface area contributed by atoms with Crippen LogP contribution < -0.4 is 10.6 Å². The van der Waals surface area contributed by atoms with Crippen molar-refractivity contribution in [3.05, 3.63) is 76.8 Å². The number of alkyl halides is 3. The van der Waals surface area contributed by atoms with Gasteiger partial charge in [0.1, 0.15) is 11.6 Å². The van der Waals surface area contributed by atoms with Crippen LogP contribution in [0.2, 0.25) is 5.02 Å². The highest BCUT2D eigenvalue weighted by molar-refractivity contribution is 6.30. The first-order valence-corrected chi connectivity index (χ1v) is 8.93. The Hall–Kier alpha value is -3.13. The molecule has 3 aromatic rings. The van der Waals surface area contributed by atoms with Gasteiger partial charge in [0.15, 0.2) is 0 Å². The monoisotopic (exact) mass is 440 g/mol. The molecule has 0 aromatic heterocycles. The molecule has 1 amide bonds. The lowest BCUT2D eigenvalue weighted by Gasteiger charge is -2.17. The van der Waals surface area contributed by atoms with Gasteiger partial charge >= 0.3 is 6.18 Å². The van der Waals surface area contributed by atoms with Gasteiger partial charge in [0.05, 0.1) is 11.3 Å². The Morgan fingerprint density at radius 2 is 1.63 bits per heavy atom. The normalized spacial score (nSPS) is 11.3. The number of anilines is 3. The van der Waals surface area contributed by atoms with Crippen molar-refractivity contribution in [1.82, 2.24) is 0 Å². The number of rotatable bonds is 4. The third-order valence-corrected chi connectivity index (χ3v) is 4.35. The molecule has 0 aliphatic heterocycles. The molecule has 3 nitrogen and oxygen atoms in total. The van der Waals surface area contributed by atoms with Crippen LogP contribution in [0.25, 0.3) is 11.1 Å². The average Bonchev–Trinajstić information content (AvgIpc) is 2.64. The highest BCUT2D eigenvalue weighted by Gasteiger charge is 2.34. The predicted molar refractivity (Wildman–Crippen MR) is 106 cm³/mol. The van der Waals surface area contributed by atoms with E-state index in [9.17, 15) is 26.7 Å². The van der Waals surface area contributed by atoms with Crippen molar-refractivity contribution in [2.45, 2.75) is 13.1 Å². The Bertz CT molecular complexity index is 1120. The van der Waals surface area contributed by atoms with Gasteiger partial charge in [-0.2, -0.15) is 13.2 Å². The molecule has 0 saturated carbocycles. The quantitative estimate of drug-likeness (QED) is 0.428. The largest absolute Gasteiger partial charge is 0.418 e. The molecule has 3 rings (SSSR count). The molecule has 0 aliphatic rings. The summed E-state index contributed by atoms with van der Waals surface area (Å²) in [6.07, 6.45) is -4.75. The van der Waals surface area contributed by atoms with Crippen LogP contribution in [-0.2, 0) is 11.0 Å². The second kappa shape index (κ2) is 8.31. The van der Waals surface area contributed by atoms with Gasteiger partial charge in [0.2, 0.25) is 5.91 Å². The van der Waals surface area contributed by atoms with E-state index < -0.39 is 35.0 Å². The van der Waals surface area contributed by atoms with E-state index in [1.54, 1.807) is 0 Å². The smallest absolute Gasteiger partial charge is 0.355 e. The molecule has 0 bridgehead atoms. The van der Waals surface area contributed by atoms with Crippen LogP contribution >= 0.6 is 11.6 Å². The van der Waals surface area contributed by atoms with Crippen LogP contribution in [0.1, 0.15) is 12.5 Å². The molecule has 2 N–H and O–H groups in total. The predicted octanol–water partition coefficient (Wildman–Crippen LogP) is 7.01. The molecule has 0 spiro atoms. The van der Waals surface area contributed by atoms with E-state index in [0.717, 1.165) is 37.3 Å². The molecule has 30 heavy (non-hydrogen) atoms. The fraction of sp³-hybridized carbons (Fsp3) is 0.0952. The molecule has 0 saturated heterocycles. The van der Waals surface area contributed by atoms with Crippen molar-refractivity contribution >= 4 is 34.6 Å². The average molecular weight is 441 g/mol. The minimum absolute atomic E-state index is 0.0364. The summed E-state index contributed by atoms with van der Waals surface area (Å²) in [5.41, 5.74) is -1.25. The van der Waals surface area contributed by atoms with E-state index in [0.29, 0.717) is 0 Å². The molecule has 0 atom stereocenters. The number of halogens is 6. The Morgan fingerprint density at radius 1 is 0.900 bits per heavy atom. The number of hydrogen-bond acceptors (Lipinski definition) is 2. The summed E-state index contributed by atoms with van der Waals surface area (Å²) in [5.74, 6) is -1.97. The first-order valence-electron chi connectivity index (χ1n) is 8.55. The first kappa shape index (κ1) is 21.6. The number of amides is 1. The standard InChI is InChI=1S/C21H14ClF5N2O/c1-11(30)28-19-7-4-14(10-17(19)21(25,26)27)29-20-9-13(23)3-5-15(20)16-8-12(22)2-6-18(16)24/h2-10,29H,1H3,(H,28,30). The lowest BCUT2D eigenvalue weighted by molar-refractivity contribution is -0.136. The lowest BCUT2D eigenvalue weighted by Crippen LogP contribution is -2.14. The van der Waals surface area contributed by atoms with Crippen molar-refractivity contribution in [3.8, 4) is 11.1 Å². The molecule has 156 valence electrons. The van der Waals surface area contributed by atoms with Crippen molar-refractivity contribution in [3.63, 3.8) is 0 Å². The van der Waals surface area contributed by atoms with Gasteiger partial charge in [-0.1, -0.05) is 11.6 Å². The van der Waals surface area contributed by atoms with E-state index in [4.69, 9.17) is 11.6 Å². The maximum atomic E-state index is 14.3. The lowest BCUT2D eigenvalue weighted by atomic mass is 10.0. The fourth-order valence-electron chi connectivity index (χ4n) is 2.87. The maximum Gasteiger partial charge on any atom is 0.418 e. The minimum Gasteiger partial charge on any atom is -0.355 e. The number of nitrogens with one attached hydrogen (secondary N) is 2. The van der Waals surface area contributed by atoms with Gasteiger partial charge in [-0.25, -0.2) is 8.78 Å². The van der Waals surface area contributed by atoms with Crippen molar-refractivity contribution < 1.29 is 26.7 Å². The third-order valence-electron chi connectivity index (χ3n) is 4.11. The molecular weight excluding hydrogens is 427 g/mol. The molecule has 9 heteroatoms. The zero-order chi connectivity index (χ0) is 22.1. The molecule has 0 fully saturated rings. The van der Waals surface area contributed by atoms with Gasteiger partial charge in [-0.3, -0.25) is 4.79 Å². The molecule has 0 aliphatic carbocycles. The Labute approximate surface area is 173 Å². The van der Waals surface area contributed by atoms with Crippen LogP contribution in [0.15, 0.2) is 54.6 Å². The zero-order valence-corrected chi connectivity index (χ0v) is 16.1. The summed E-state index contributed by atoms with van der Waals surface area (Å²) in [7, 11) is 0. The van der Waals surface area contributed by atoms with Crippen molar-refractivity contribution in [2.24, 2.45) is 0 Å². The van der Waals surface area contributed by atoms with E-state index >= 15 is 0 Å². The summed E-state index contributed by atoms with van der Waals surface area (Å²) >= 11 is 5.92. The summed E-state index contributed by atoms with van der Waals surface area (Å²) in [6, 6.07) is 10.4. The van der Waals surface area contributed by atoms with Gasteiger partial charge in [-0.15, -0.1) is 0 Å². The third kappa shape index (κ3) is 4.88. The summed E-state index contributed by atoms with van der Waals surface area (Å²) < 4.78 is 68.4. The number of benzene rings is 3. The first-order chi connectivity index (χ1) is 14.0. The minimum atomic E-state index is -4.75. The second-order valence-electron chi connectivity index (χ2n) is 6.38. The van der Waals surface area contributed by atoms with Gasteiger partial charge in [0, 0.05) is 34.4 Å². The topological polar surface area (TPSA) is 41.1 Å². The summed E-state index contributed by atoms with van der Waals surface area (Å²) in [4.78, 5) is 11.2. The van der Waals surface area contributed by atoms with Crippen LogP contribution in [0, 0.1) is 11.6 Å². The highest BCUT2D eigenvalue weighted by Crippen LogP contribution is 2.39. The highest BCUT2D eigenvalue weighted by atomic mass is 35.5. The maximum absolute atomic E-state index is 14.3. The summed E-state index contributed by atoms with van der Waals surface area (Å²) in [6.45, 7) is 1.09. The molecule has 0 radical (unpaired) electrons. The van der Waals surface area contributed by atoms with Crippen LogP contribution in [0.3, 0.4) is 0 Å².